The van der Waals surface area contributed by atoms with Gasteiger partial charge in [0.15, 0.2) is 0 Å². The lowest BCUT2D eigenvalue weighted by molar-refractivity contribution is 0.252. The van der Waals surface area contributed by atoms with E-state index >= 15 is 0 Å². The number of nitrogens with one attached hydrogen (secondary N) is 1. The summed E-state index contributed by atoms with van der Waals surface area (Å²) in [5, 5.41) is 2.81. The first kappa shape index (κ1) is 11.0. The average molecular weight is 218 g/mol. The summed E-state index contributed by atoms with van der Waals surface area (Å²) in [6.07, 6.45) is 0. The second kappa shape index (κ2) is 3.81. The van der Waals surface area contributed by atoms with E-state index in [4.69, 9.17) is 0 Å². The molecule has 1 N–H and O–H groups in total. The fourth-order valence-electron chi connectivity index (χ4n) is 1.86. The largest absolute Gasteiger partial charge is 0.336 e. The Labute approximate surface area is 96.5 Å². The number of anilines is 1. The maximum absolute atomic E-state index is 11.6. The Kier molecular flexibility index (Phi) is 2.62. The second-order valence-electron chi connectivity index (χ2n) is 5.18. The van der Waals surface area contributed by atoms with Crippen LogP contribution in [0.1, 0.15) is 26.3 Å². The maximum Gasteiger partial charge on any atom is 0.321 e. The molecule has 0 aromatic heterocycles. The minimum atomic E-state index is 0.00561. The summed E-state index contributed by atoms with van der Waals surface area (Å²) in [5.41, 5.74) is 2.36. The molecule has 2 amide bonds. The first-order chi connectivity index (χ1) is 7.48. The van der Waals surface area contributed by atoms with Crippen LogP contribution in [0.15, 0.2) is 24.3 Å². The lowest BCUT2D eigenvalue weighted by atomic mass is 9.87. The monoisotopic (exact) mass is 218 g/mol. The molecular formula is C13H18N2O. The highest BCUT2D eigenvalue weighted by atomic mass is 16.2. The molecule has 1 fully saturated rings. The molecule has 0 atom stereocenters. The van der Waals surface area contributed by atoms with Gasteiger partial charge in [-0.1, -0.05) is 32.9 Å². The highest BCUT2D eigenvalue weighted by Gasteiger charge is 2.22. The van der Waals surface area contributed by atoms with Crippen LogP contribution in [-0.4, -0.2) is 19.1 Å². The molecule has 0 unspecified atom stereocenters. The lowest BCUT2D eigenvalue weighted by Gasteiger charge is -2.22. The molecule has 86 valence electrons. The average Bonchev–Trinajstić information content (AvgIpc) is 2.63. The number of nitrogens with zero attached hydrogens (tertiary/aromatic N) is 1. The first-order valence-corrected chi connectivity index (χ1v) is 5.64. The van der Waals surface area contributed by atoms with Crippen LogP contribution < -0.4 is 10.2 Å². The minimum Gasteiger partial charge on any atom is -0.336 e. The Balaban J connectivity index is 2.32. The van der Waals surface area contributed by atoms with Crippen LogP contribution in [-0.2, 0) is 5.41 Å². The van der Waals surface area contributed by atoms with E-state index in [-0.39, 0.29) is 11.4 Å². The molecule has 1 aliphatic rings. The molecule has 1 aromatic rings. The third-order valence-corrected chi connectivity index (χ3v) is 2.88. The van der Waals surface area contributed by atoms with Crippen molar-refractivity contribution < 1.29 is 4.79 Å². The molecule has 0 aliphatic carbocycles. The number of amides is 2. The molecule has 0 spiro atoms. The summed E-state index contributed by atoms with van der Waals surface area (Å²) < 4.78 is 0. The summed E-state index contributed by atoms with van der Waals surface area (Å²) in [4.78, 5) is 13.3. The van der Waals surface area contributed by atoms with Crippen molar-refractivity contribution in [1.82, 2.24) is 5.32 Å². The fraction of sp³-hybridized carbons (Fsp3) is 0.462. The van der Waals surface area contributed by atoms with Gasteiger partial charge in [0, 0.05) is 18.8 Å². The molecule has 16 heavy (non-hydrogen) atoms. The number of carbonyl (C=O) groups excluding carboxylic acids is 1. The zero-order chi connectivity index (χ0) is 11.8. The molecule has 1 aliphatic heterocycles. The number of carbonyl (C=O) groups is 1. The van der Waals surface area contributed by atoms with Crippen molar-refractivity contribution in [2.45, 2.75) is 26.2 Å². The highest BCUT2D eigenvalue weighted by molar-refractivity contribution is 5.94. The van der Waals surface area contributed by atoms with Crippen LogP contribution >= 0.6 is 0 Å². The van der Waals surface area contributed by atoms with Gasteiger partial charge < -0.3 is 5.32 Å². The Morgan fingerprint density at radius 2 is 2.06 bits per heavy atom. The Hall–Kier alpha value is -1.51. The molecule has 1 aromatic carbocycles. The number of benzene rings is 1. The summed E-state index contributed by atoms with van der Waals surface area (Å²) in [6.45, 7) is 8.02. The fourth-order valence-corrected chi connectivity index (χ4v) is 1.86. The van der Waals surface area contributed by atoms with Crippen molar-refractivity contribution in [3.8, 4) is 0 Å². The molecule has 3 heteroatoms. The molecule has 3 nitrogen and oxygen atoms in total. The van der Waals surface area contributed by atoms with Crippen LogP contribution in [0, 0.1) is 0 Å². The molecular weight excluding hydrogens is 200 g/mol. The third-order valence-electron chi connectivity index (χ3n) is 2.88. The van der Waals surface area contributed by atoms with E-state index in [0.717, 1.165) is 18.8 Å². The normalized spacial score (nSPS) is 16.4. The molecule has 1 heterocycles. The van der Waals surface area contributed by atoms with Gasteiger partial charge in [-0.2, -0.15) is 0 Å². The molecule has 2 rings (SSSR count). The summed E-state index contributed by atoms with van der Waals surface area (Å²) in [6, 6.07) is 8.22. The van der Waals surface area contributed by atoms with Crippen molar-refractivity contribution in [2.24, 2.45) is 0 Å². The van der Waals surface area contributed by atoms with Crippen LogP contribution in [0.3, 0.4) is 0 Å². The number of hydrogen-bond acceptors (Lipinski definition) is 1. The Morgan fingerprint density at radius 3 is 2.62 bits per heavy atom. The van der Waals surface area contributed by atoms with Gasteiger partial charge in [-0.15, -0.1) is 0 Å². The van der Waals surface area contributed by atoms with Gasteiger partial charge in [0.1, 0.15) is 0 Å². The van der Waals surface area contributed by atoms with E-state index in [1.165, 1.54) is 5.56 Å². The van der Waals surface area contributed by atoms with Gasteiger partial charge >= 0.3 is 6.03 Å². The van der Waals surface area contributed by atoms with Crippen LogP contribution in [0.4, 0.5) is 10.5 Å². The molecule has 1 saturated heterocycles. The minimum absolute atomic E-state index is 0.00561. The van der Waals surface area contributed by atoms with E-state index < -0.39 is 0 Å². The molecule has 0 bridgehead atoms. The smallest absolute Gasteiger partial charge is 0.321 e. The zero-order valence-corrected chi connectivity index (χ0v) is 10.1. The van der Waals surface area contributed by atoms with Gasteiger partial charge in [-0.25, -0.2) is 4.79 Å². The summed E-state index contributed by atoms with van der Waals surface area (Å²) in [7, 11) is 0. The first-order valence-electron chi connectivity index (χ1n) is 5.64. The topological polar surface area (TPSA) is 32.3 Å². The van der Waals surface area contributed by atoms with Crippen LogP contribution in [0.25, 0.3) is 0 Å². The van der Waals surface area contributed by atoms with E-state index in [9.17, 15) is 4.79 Å². The summed E-state index contributed by atoms with van der Waals surface area (Å²) in [5.74, 6) is 0. The van der Waals surface area contributed by atoms with Crippen molar-refractivity contribution >= 4 is 11.7 Å². The van der Waals surface area contributed by atoms with E-state index in [1.54, 1.807) is 4.90 Å². The van der Waals surface area contributed by atoms with Crippen molar-refractivity contribution in [3.05, 3.63) is 29.8 Å². The SMILES string of the molecule is CC(C)(C)c1cccc(N2CCNC2=O)c1. The Bertz CT molecular complexity index is 407. The second-order valence-corrected chi connectivity index (χ2v) is 5.18. The summed E-state index contributed by atoms with van der Waals surface area (Å²) >= 11 is 0. The van der Waals surface area contributed by atoms with Crippen molar-refractivity contribution in [2.75, 3.05) is 18.0 Å². The maximum atomic E-state index is 11.6. The standard InChI is InChI=1S/C13H18N2O/c1-13(2,3)10-5-4-6-11(9-10)15-8-7-14-12(15)16/h4-6,9H,7-8H2,1-3H3,(H,14,16). The molecule has 0 radical (unpaired) electrons. The third kappa shape index (κ3) is 2.03. The van der Waals surface area contributed by atoms with E-state index in [2.05, 4.69) is 38.2 Å². The predicted octanol–water partition coefficient (Wildman–Crippen LogP) is 2.51. The van der Waals surface area contributed by atoms with Gasteiger partial charge in [0.2, 0.25) is 0 Å². The van der Waals surface area contributed by atoms with Crippen LogP contribution in [0.2, 0.25) is 0 Å². The Morgan fingerprint density at radius 1 is 1.31 bits per heavy atom. The number of hydrogen-bond donors (Lipinski definition) is 1. The van der Waals surface area contributed by atoms with E-state index in [1.807, 2.05) is 12.1 Å². The number of urea groups is 1. The van der Waals surface area contributed by atoms with Gasteiger partial charge in [0.05, 0.1) is 0 Å². The predicted molar refractivity (Wildman–Crippen MR) is 65.9 cm³/mol. The van der Waals surface area contributed by atoms with Gasteiger partial charge in [-0.05, 0) is 23.1 Å². The zero-order valence-electron chi connectivity index (χ0n) is 10.1. The van der Waals surface area contributed by atoms with Crippen molar-refractivity contribution in [1.29, 1.82) is 0 Å². The lowest BCUT2D eigenvalue weighted by Crippen LogP contribution is -2.28. The van der Waals surface area contributed by atoms with Gasteiger partial charge in [0.25, 0.3) is 0 Å². The van der Waals surface area contributed by atoms with E-state index in [0.29, 0.717) is 0 Å². The van der Waals surface area contributed by atoms with Gasteiger partial charge in [-0.3, -0.25) is 4.90 Å². The van der Waals surface area contributed by atoms with Crippen molar-refractivity contribution in [3.63, 3.8) is 0 Å². The molecule has 0 saturated carbocycles. The number of rotatable bonds is 1. The quantitative estimate of drug-likeness (QED) is 0.771. The van der Waals surface area contributed by atoms with Crippen LogP contribution in [0.5, 0.6) is 0 Å². The highest BCUT2D eigenvalue weighted by Crippen LogP contribution is 2.26.